The minimum atomic E-state index is -4.66. The van der Waals surface area contributed by atoms with Crippen LogP contribution in [0.3, 0.4) is 0 Å². The van der Waals surface area contributed by atoms with Crippen LogP contribution in [0.5, 0.6) is 0 Å². The molecule has 1 amide bonds. The van der Waals surface area contributed by atoms with Gasteiger partial charge in [0.05, 0.1) is 6.20 Å². The molecule has 0 saturated carbocycles. The number of fused-ring (bicyclic) bond motifs is 1. The predicted molar refractivity (Wildman–Crippen MR) is 86.8 cm³/mol. The van der Waals surface area contributed by atoms with Crippen molar-refractivity contribution in [3.8, 4) is 0 Å². The Labute approximate surface area is 150 Å². The zero-order valence-electron chi connectivity index (χ0n) is 13.8. The van der Waals surface area contributed by atoms with Gasteiger partial charge in [-0.3, -0.25) is 9.48 Å². The molecule has 3 rings (SSSR count). The molecular weight excluding hydrogens is 373 g/mol. The molecule has 0 aliphatic heterocycles. The number of aryl methyl sites for hydroxylation is 2. The van der Waals surface area contributed by atoms with Gasteiger partial charge in [-0.25, -0.2) is 9.50 Å². The van der Waals surface area contributed by atoms with Gasteiger partial charge in [-0.05, 0) is 19.9 Å². The van der Waals surface area contributed by atoms with Gasteiger partial charge in [0.25, 0.3) is 5.91 Å². The number of halogens is 4. The van der Waals surface area contributed by atoms with E-state index in [2.05, 4.69) is 20.5 Å². The average molecular weight is 387 g/mol. The maximum Gasteiger partial charge on any atom is 0.433 e. The molecule has 0 atom stereocenters. The molecule has 0 aliphatic rings. The SMILES string of the molecule is CCn1cc(CNC(=O)c2nn3c(C(F)(F)F)cc(C)nc3c2Cl)cn1. The van der Waals surface area contributed by atoms with Crippen molar-refractivity contribution in [3.05, 3.63) is 46.1 Å². The lowest BCUT2D eigenvalue weighted by Gasteiger charge is -2.09. The van der Waals surface area contributed by atoms with Crippen LogP contribution in [0.4, 0.5) is 13.2 Å². The number of carbonyl (C=O) groups is 1. The van der Waals surface area contributed by atoms with Gasteiger partial charge in [-0.1, -0.05) is 11.6 Å². The largest absolute Gasteiger partial charge is 0.433 e. The Morgan fingerprint density at radius 1 is 1.38 bits per heavy atom. The van der Waals surface area contributed by atoms with Gasteiger partial charge in [0, 0.05) is 30.5 Å². The van der Waals surface area contributed by atoms with E-state index in [1.807, 2.05) is 6.92 Å². The van der Waals surface area contributed by atoms with Crippen LogP contribution in [-0.4, -0.2) is 30.3 Å². The number of hydrogen-bond acceptors (Lipinski definition) is 4. The maximum atomic E-state index is 13.2. The summed E-state index contributed by atoms with van der Waals surface area (Å²) in [6.45, 7) is 4.14. The summed E-state index contributed by atoms with van der Waals surface area (Å²) in [5, 5.41) is 10.1. The Bertz CT molecular complexity index is 978. The molecule has 138 valence electrons. The molecule has 0 radical (unpaired) electrons. The highest BCUT2D eigenvalue weighted by Crippen LogP contribution is 2.32. The first kappa shape index (κ1) is 18.2. The summed E-state index contributed by atoms with van der Waals surface area (Å²) in [4.78, 5) is 16.3. The van der Waals surface area contributed by atoms with Gasteiger partial charge >= 0.3 is 6.18 Å². The van der Waals surface area contributed by atoms with Crippen LogP contribution >= 0.6 is 11.6 Å². The first-order valence-electron chi connectivity index (χ1n) is 7.63. The second-order valence-electron chi connectivity index (χ2n) is 5.57. The molecule has 0 aromatic carbocycles. The number of hydrogen-bond donors (Lipinski definition) is 1. The van der Waals surface area contributed by atoms with Crippen molar-refractivity contribution in [1.29, 1.82) is 0 Å². The monoisotopic (exact) mass is 386 g/mol. The molecule has 3 aromatic rings. The molecule has 1 N–H and O–H groups in total. The van der Waals surface area contributed by atoms with Crippen molar-refractivity contribution < 1.29 is 18.0 Å². The first-order chi connectivity index (χ1) is 12.2. The lowest BCUT2D eigenvalue weighted by atomic mass is 10.3. The normalized spacial score (nSPS) is 11.9. The van der Waals surface area contributed by atoms with E-state index in [0.717, 1.165) is 11.6 Å². The molecule has 11 heteroatoms. The molecule has 3 heterocycles. The van der Waals surface area contributed by atoms with Crippen molar-refractivity contribution in [3.63, 3.8) is 0 Å². The summed E-state index contributed by atoms with van der Waals surface area (Å²) in [6.07, 6.45) is -1.33. The number of nitrogens with zero attached hydrogens (tertiary/aromatic N) is 5. The van der Waals surface area contributed by atoms with Crippen molar-refractivity contribution >= 4 is 23.2 Å². The van der Waals surface area contributed by atoms with E-state index >= 15 is 0 Å². The van der Waals surface area contributed by atoms with E-state index in [1.165, 1.54) is 6.92 Å². The van der Waals surface area contributed by atoms with Crippen molar-refractivity contribution in [2.45, 2.75) is 33.1 Å². The van der Waals surface area contributed by atoms with Crippen LogP contribution < -0.4 is 5.32 Å². The average Bonchev–Trinajstić information content (AvgIpc) is 3.16. The smallest absolute Gasteiger partial charge is 0.346 e. The lowest BCUT2D eigenvalue weighted by molar-refractivity contribution is -0.142. The van der Waals surface area contributed by atoms with Crippen molar-refractivity contribution in [2.24, 2.45) is 0 Å². The van der Waals surface area contributed by atoms with Crippen LogP contribution in [0.15, 0.2) is 18.5 Å². The summed E-state index contributed by atoms with van der Waals surface area (Å²) < 4.78 is 41.8. The maximum absolute atomic E-state index is 13.2. The van der Waals surface area contributed by atoms with Crippen LogP contribution in [0.2, 0.25) is 5.02 Å². The minimum absolute atomic E-state index is 0.116. The first-order valence-corrected chi connectivity index (χ1v) is 8.01. The molecule has 26 heavy (non-hydrogen) atoms. The fourth-order valence-electron chi connectivity index (χ4n) is 2.40. The van der Waals surface area contributed by atoms with E-state index in [-0.39, 0.29) is 28.6 Å². The van der Waals surface area contributed by atoms with Gasteiger partial charge in [0.15, 0.2) is 11.3 Å². The van der Waals surface area contributed by atoms with Gasteiger partial charge in [-0.2, -0.15) is 23.4 Å². The quantitative estimate of drug-likeness (QED) is 0.748. The highest BCUT2D eigenvalue weighted by Gasteiger charge is 2.36. The minimum Gasteiger partial charge on any atom is -0.346 e. The van der Waals surface area contributed by atoms with Crippen LogP contribution in [0.25, 0.3) is 5.65 Å². The molecule has 0 unspecified atom stereocenters. The number of alkyl halides is 3. The van der Waals surface area contributed by atoms with E-state index < -0.39 is 17.8 Å². The van der Waals surface area contributed by atoms with Gasteiger partial charge in [0.2, 0.25) is 0 Å². The zero-order chi connectivity index (χ0) is 19.1. The molecule has 0 bridgehead atoms. The Hall–Kier alpha value is -2.62. The Morgan fingerprint density at radius 2 is 2.12 bits per heavy atom. The number of carbonyl (C=O) groups excluding carboxylic acids is 1. The Morgan fingerprint density at radius 3 is 2.73 bits per heavy atom. The fraction of sp³-hybridized carbons (Fsp3) is 0.333. The standard InChI is InChI=1S/C15H14ClF3N6O/c1-3-24-7-9(6-21-24)5-20-14(26)12-11(16)13-22-8(2)4-10(15(17,18)19)25(13)23-12/h4,6-7H,3,5H2,1-2H3,(H,20,26). The lowest BCUT2D eigenvalue weighted by Crippen LogP contribution is -2.23. The topological polar surface area (TPSA) is 77.1 Å². The Balaban J connectivity index is 1.92. The third kappa shape index (κ3) is 3.36. The van der Waals surface area contributed by atoms with E-state index in [1.54, 1.807) is 17.1 Å². The highest BCUT2D eigenvalue weighted by atomic mass is 35.5. The number of amides is 1. The summed E-state index contributed by atoms with van der Waals surface area (Å²) in [5.41, 5.74) is -0.734. The van der Waals surface area contributed by atoms with Crippen molar-refractivity contribution in [1.82, 2.24) is 29.7 Å². The second-order valence-corrected chi connectivity index (χ2v) is 5.94. The molecule has 7 nitrogen and oxygen atoms in total. The second kappa shape index (κ2) is 6.60. The third-order valence-corrected chi connectivity index (χ3v) is 3.98. The third-order valence-electron chi connectivity index (χ3n) is 3.63. The zero-order valence-corrected chi connectivity index (χ0v) is 14.6. The van der Waals surface area contributed by atoms with E-state index in [9.17, 15) is 18.0 Å². The summed E-state index contributed by atoms with van der Waals surface area (Å²) >= 11 is 6.06. The molecule has 0 saturated heterocycles. The van der Waals surface area contributed by atoms with E-state index in [4.69, 9.17) is 11.6 Å². The summed E-state index contributed by atoms with van der Waals surface area (Å²) in [5.74, 6) is -0.699. The molecular formula is C15H14ClF3N6O. The van der Waals surface area contributed by atoms with Gasteiger partial charge in [0.1, 0.15) is 10.7 Å². The van der Waals surface area contributed by atoms with Crippen LogP contribution in [0.1, 0.15) is 34.4 Å². The summed E-state index contributed by atoms with van der Waals surface area (Å²) in [6, 6.07) is 0.844. The predicted octanol–water partition coefficient (Wildman–Crippen LogP) is 2.86. The van der Waals surface area contributed by atoms with Crippen LogP contribution in [0, 0.1) is 6.92 Å². The fourth-order valence-corrected chi connectivity index (χ4v) is 2.64. The molecule has 0 fully saturated rings. The summed E-state index contributed by atoms with van der Waals surface area (Å²) in [7, 11) is 0. The number of aromatic nitrogens is 5. The molecule has 0 aliphatic carbocycles. The number of nitrogens with one attached hydrogen (secondary N) is 1. The van der Waals surface area contributed by atoms with Crippen LogP contribution in [-0.2, 0) is 19.3 Å². The van der Waals surface area contributed by atoms with E-state index in [0.29, 0.717) is 11.1 Å². The molecule has 3 aromatic heterocycles. The highest BCUT2D eigenvalue weighted by molar-refractivity contribution is 6.36. The van der Waals surface area contributed by atoms with Gasteiger partial charge in [-0.15, -0.1) is 0 Å². The van der Waals surface area contributed by atoms with Gasteiger partial charge < -0.3 is 5.32 Å². The molecule has 0 spiro atoms. The number of rotatable bonds is 4. The Kier molecular flexibility index (Phi) is 4.61. The van der Waals surface area contributed by atoms with Crippen molar-refractivity contribution in [2.75, 3.05) is 0 Å².